The van der Waals surface area contributed by atoms with Gasteiger partial charge in [0, 0.05) is 74.9 Å². The second kappa shape index (κ2) is 8.30. The van der Waals surface area contributed by atoms with Crippen LogP contribution in [-0.4, -0.2) is 69.2 Å². The molecule has 8 nitrogen and oxygen atoms in total. The highest BCUT2D eigenvalue weighted by Gasteiger charge is 2.33. The van der Waals surface area contributed by atoms with Crippen LogP contribution in [0.3, 0.4) is 0 Å². The highest BCUT2D eigenvalue weighted by atomic mass is 16.5. The first-order valence-corrected chi connectivity index (χ1v) is 12.1. The fourth-order valence-corrected chi connectivity index (χ4v) is 5.48. The van der Waals surface area contributed by atoms with E-state index in [1.165, 1.54) is 0 Å². The molecule has 174 valence electrons. The van der Waals surface area contributed by atoms with Crippen LogP contribution in [0.2, 0.25) is 0 Å². The maximum Gasteiger partial charge on any atom is 0.277 e. The third-order valence-electron chi connectivity index (χ3n) is 7.31. The van der Waals surface area contributed by atoms with Gasteiger partial charge in [-0.3, -0.25) is 19.6 Å². The highest BCUT2D eigenvalue weighted by Crippen LogP contribution is 2.30. The summed E-state index contributed by atoms with van der Waals surface area (Å²) in [6.07, 6.45) is 4.86. The van der Waals surface area contributed by atoms with Gasteiger partial charge in [-0.2, -0.15) is 0 Å². The molecule has 0 saturated carbocycles. The molecule has 2 fully saturated rings. The van der Waals surface area contributed by atoms with E-state index >= 15 is 0 Å². The number of H-pyrrole nitrogens is 1. The summed E-state index contributed by atoms with van der Waals surface area (Å²) in [6, 6.07) is 2.51. The lowest BCUT2D eigenvalue weighted by atomic mass is 9.90. The van der Waals surface area contributed by atoms with E-state index in [0.29, 0.717) is 24.8 Å². The van der Waals surface area contributed by atoms with Crippen molar-refractivity contribution in [1.82, 2.24) is 24.4 Å². The van der Waals surface area contributed by atoms with E-state index in [-0.39, 0.29) is 22.8 Å². The molecule has 1 atom stereocenters. The van der Waals surface area contributed by atoms with E-state index in [1.54, 1.807) is 4.52 Å². The number of fused-ring (bicyclic) bond motifs is 2. The van der Waals surface area contributed by atoms with Gasteiger partial charge in [-0.15, -0.1) is 0 Å². The summed E-state index contributed by atoms with van der Waals surface area (Å²) in [5.41, 5.74) is 3.11. The maximum atomic E-state index is 13.4. The SMILES string of the molecule is CC(C)(C)C(=O)N1CCC[C@@H](c2cc3nc4c(c(=O)n3[nH]2)CN(C2CCOCC2)CC4)C1. The molecule has 0 radical (unpaired) electrons. The molecule has 1 amide bonds. The summed E-state index contributed by atoms with van der Waals surface area (Å²) in [7, 11) is 0. The van der Waals surface area contributed by atoms with Crippen molar-refractivity contribution in [2.75, 3.05) is 32.8 Å². The number of aromatic amines is 1. The van der Waals surface area contributed by atoms with Crippen molar-refractivity contribution in [2.24, 2.45) is 5.41 Å². The maximum absolute atomic E-state index is 13.4. The van der Waals surface area contributed by atoms with Gasteiger partial charge in [0.25, 0.3) is 5.56 Å². The van der Waals surface area contributed by atoms with E-state index < -0.39 is 0 Å². The van der Waals surface area contributed by atoms with Gasteiger partial charge in [-0.05, 0) is 25.7 Å². The zero-order chi connectivity index (χ0) is 22.5. The molecule has 2 saturated heterocycles. The van der Waals surface area contributed by atoms with Crippen LogP contribution in [0.4, 0.5) is 0 Å². The van der Waals surface area contributed by atoms with Crippen LogP contribution >= 0.6 is 0 Å². The van der Waals surface area contributed by atoms with Gasteiger partial charge in [0.2, 0.25) is 5.91 Å². The Morgan fingerprint density at radius 3 is 2.72 bits per heavy atom. The number of carbonyl (C=O) groups excluding carboxylic acids is 1. The van der Waals surface area contributed by atoms with Gasteiger partial charge in [-0.25, -0.2) is 9.50 Å². The van der Waals surface area contributed by atoms with Crippen molar-refractivity contribution in [2.45, 2.75) is 71.4 Å². The highest BCUT2D eigenvalue weighted by molar-refractivity contribution is 5.81. The van der Waals surface area contributed by atoms with Crippen molar-refractivity contribution in [3.05, 3.63) is 33.4 Å². The number of likely N-dealkylation sites (tertiary alicyclic amines) is 1. The largest absolute Gasteiger partial charge is 0.381 e. The number of carbonyl (C=O) groups is 1. The molecule has 0 aliphatic carbocycles. The molecule has 8 heteroatoms. The molecule has 0 bridgehead atoms. The van der Waals surface area contributed by atoms with E-state index in [1.807, 2.05) is 31.7 Å². The molecule has 5 heterocycles. The molecule has 1 N–H and O–H groups in total. The number of aromatic nitrogens is 3. The molecule has 0 aromatic carbocycles. The molecule has 3 aliphatic heterocycles. The first-order valence-electron chi connectivity index (χ1n) is 12.1. The predicted molar refractivity (Wildman–Crippen MR) is 122 cm³/mol. The van der Waals surface area contributed by atoms with Crippen molar-refractivity contribution < 1.29 is 9.53 Å². The van der Waals surface area contributed by atoms with Crippen molar-refractivity contribution in [3.8, 4) is 0 Å². The minimum atomic E-state index is -0.379. The number of piperidine rings is 1. The summed E-state index contributed by atoms with van der Waals surface area (Å²) in [5, 5.41) is 3.34. The van der Waals surface area contributed by atoms with Gasteiger partial charge in [0.1, 0.15) is 0 Å². The monoisotopic (exact) mass is 441 g/mol. The Balaban J connectivity index is 1.40. The number of hydrogen-bond acceptors (Lipinski definition) is 5. The summed E-state index contributed by atoms with van der Waals surface area (Å²) >= 11 is 0. The smallest absolute Gasteiger partial charge is 0.277 e. The Kier molecular flexibility index (Phi) is 5.61. The van der Waals surface area contributed by atoms with E-state index in [2.05, 4.69) is 10.00 Å². The number of ether oxygens (including phenoxy) is 1. The second-order valence-electron chi connectivity index (χ2n) is 10.7. The molecular weight excluding hydrogens is 406 g/mol. The lowest BCUT2D eigenvalue weighted by Gasteiger charge is -2.36. The third kappa shape index (κ3) is 3.99. The van der Waals surface area contributed by atoms with E-state index in [0.717, 1.165) is 75.4 Å². The number of hydrogen-bond donors (Lipinski definition) is 1. The molecule has 3 aliphatic rings. The topological polar surface area (TPSA) is 82.9 Å². The number of rotatable bonds is 2. The first kappa shape index (κ1) is 21.6. The summed E-state index contributed by atoms with van der Waals surface area (Å²) in [5.74, 6) is 0.393. The molecule has 32 heavy (non-hydrogen) atoms. The van der Waals surface area contributed by atoms with E-state index in [9.17, 15) is 9.59 Å². The van der Waals surface area contributed by atoms with Gasteiger partial charge < -0.3 is 9.64 Å². The van der Waals surface area contributed by atoms with Crippen LogP contribution in [0, 0.1) is 5.41 Å². The summed E-state index contributed by atoms with van der Waals surface area (Å²) < 4.78 is 7.13. The van der Waals surface area contributed by atoms with Crippen LogP contribution in [0.5, 0.6) is 0 Å². The summed E-state index contributed by atoms with van der Waals surface area (Å²) in [6.45, 7) is 10.6. The molecule has 0 unspecified atom stereocenters. The van der Waals surface area contributed by atoms with Crippen molar-refractivity contribution >= 4 is 11.6 Å². The van der Waals surface area contributed by atoms with Gasteiger partial charge in [0.15, 0.2) is 5.65 Å². The van der Waals surface area contributed by atoms with E-state index in [4.69, 9.17) is 9.72 Å². The molecule has 5 rings (SSSR count). The fourth-order valence-electron chi connectivity index (χ4n) is 5.48. The van der Waals surface area contributed by atoms with Crippen LogP contribution in [0.15, 0.2) is 10.9 Å². The predicted octanol–water partition coefficient (Wildman–Crippen LogP) is 2.31. The van der Waals surface area contributed by atoms with Crippen LogP contribution in [0.1, 0.15) is 69.3 Å². The first-order chi connectivity index (χ1) is 15.3. The average Bonchev–Trinajstić information content (AvgIpc) is 3.23. The Morgan fingerprint density at radius 2 is 1.97 bits per heavy atom. The lowest BCUT2D eigenvalue weighted by Crippen LogP contribution is -2.45. The normalized spacial score (nSPS) is 23.5. The number of nitrogens with zero attached hydrogens (tertiary/aromatic N) is 4. The van der Waals surface area contributed by atoms with Gasteiger partial charge >= 0.3 is 0 Å². The Labute approximate surface area is 188 Å². The fraction of sp³-hybridized carbons (Fsp3) is 0.708. The lowest BCUT2D eigenvalue weighted by molar-refractivity contribution is -0.140. The Hall–Kier alpha value is -2.19. The third-order valence-corrected chi connectivity index (χ3v) is 7.31. The zero-order valence-electron chi connectivity index (χ0n) is 19.5. The second-order valence-corrected chi connectivity index (χ2v) is 10.7. The molecule has 2 aromatic heterocycles. The van der Waals surface area contributed by atoms with Gasteiger partial charge in [-0.1, -0.05) is 20.8 Å². The molecule has 2 aromatic rings. The molecular formula is C24H35N5O3. The van der Waals surface area contributed by atoms with Crippen molar-refractivity contribution in [3.63, 3.8) is 0 Å². The quantitative estimate of drug-likeness (QED) is 0.773. The van der Waals surface area contributed by atoms with Crippen LogP contribution in [0.25, 0.3) is 5.65 Å². The zero-order valence-corrected chi connectivity index (χ0v) is 19.5. The van der Waals surface area contributed by atoms with Crippen LogP contribution in [-0.2, 0) is 22.5 Å². The minimum absolute atomic E-state index is 0.0199. The number of nitrogens with one attached hydrogen (secondary N) is 1. The standard InChI is InChI=1S/C24H35N5O3/c1-24(2,3)23(31)28-9-4-5-16(14-28)20-13-21-25-19-6-10-27(17-7-11-32-12-8-17)15-18(19)22(30)29(21)26-20/h13,16-17,26H,4-12,14-15H2,1-3H3/t16-/m1/s1. The Morgan fingerprint density at radius 1 is 1.19 bits per heavy atom. The van der Waals surface area contributed by atoms with Crippen LogP contribution < -0.4 is 5.56 Å². The average molecular weight is 442 g/mol. The summed E-state index contributed by atoms with van der Waals surface area (Å²) in [4.78, 5) is 35.4. The minimum Gasteiger partial charge on any atom is -0.381 e. The van der Waals surface area contributed by atoms with Gasteiger partial charge in [0.05, 0.1) is 11.3 Å². The number of amides is 1. The molecule has 0 spiro atoms. The Bertz CT molecular complexity index is 1060. The van der Waals surface area contributed by atoms with Crippen molar-refractivity contribution in [1.29, 1.82) is 0 Å².